The van der Waals surface area contributed by atoms with Gasteiger partial charge in [-0.05, 0) is 24.3 Å². The first-order chi connectivity index (χ1) is 14.3. The lowest BCUT2D eigenvalue weighted by atomic mass is 10.3. The fourth-order valence-electron chi connectivity index (χ4n) is 3.04. The molecule has 3 amide bonds. The van der Waals surface area contributed by atoms with Gasteiger partial charge in [0, 0.05) is 31.9 Å². The Balaban J connectivity index is 1.52. The number of para-hydroxylation sites is 1. The number of hydrogen-bond acceptors (Lipinski definition) is 5. The molecule has 0 atom stereocenters. The molecule has 2 aromatic rings. The SMILES string of the molecule is O=C(CN1CCN(S(=O)(=O)c2c(Cl)cccc2Cl)CC1)NC(=O)Nc1ccccc1. The van der Waals surface area contributed by atoms with Crippen LogP contribution in [0.4, 0.5) is 10.5 Å². The number of rotatable bonds is 5. The maximum absolute atomic E-state index is 12.9. The van der Waals surface area contributed by atoms with Crippen molar-refractivity contribution >= 4 is 50.9 Å². The minimum Gasteiger partial charge on any atom is -0.308 e. The zero-order valence-corrected chi connectivity index (χ0v) is 18.2. The van der Waals surface area contributed by atoms with Crippen molar-refractivity contribution in [2.45, 2.75) is 4.90 Å². The van der Waals surface area contributed by atoms with E-state index in [9.17, 15) is 18.0 Å². The first kappa shape index (κ1) is 22.5. The molecule has 11 heteroatoms. The van der Waals surface area contributed by atoms with Gasteiger partial charge < -0.3 is 5.32 Å². The van der Waals surface area contributed by atoms with Gasteiger partial charge in [0.15, 0.2) is 0 Å². The Hall–Kier alpha value is -2.17. The smallest absolute Gasteiger partial charge is 0.308 e. The Morgan fingerprint density at radius 1 is 0.900 bits per heavy atom. The molecule has 160 valence electrons. The highest BCUT2D eigenvalue weighted by molar-refractivity contribution is 7.89. The summed E-state index contributed by atoms with van der Waals surface area (Å²) in [6.07, 6.45) is 0. The van der Waals surface area contributed by atoms with Crippen LogP contribution in [0.5, 0.6) is 0 Å². The maximum Gasteiger partial charge on any atom is 0.325 e. The molecule has 0 bridgehead atoms. The number of nitrogens with zero attached hydrogens (tertiary/aromatic N) is 2. The van der Waals surface area contributed by atoms with Crippen LogP contribution in [0.15, 0.2) is 53.4 Å². The Bertz CT molecular complexity index is 1010. The van der Waals surface area contributed by atoms with Gasteiger partial charge in [0.25, 0.3) is 0 Å². The van der Waals surface area contributed by atoms with E-state index in [2.05, 4.69) is 10.6 Å². The van der Waals surface area contributed by atoms with Gasteiger partial charge in [-0.15, -0.1) is 0 Å². The highest BCUT2D eigenvalue weighted by Crippen LogP contribution is 2.31. The first-order valence-electron chi connectivity index (χ1n) is 9.10. The fourth-order valence-corrected chi connectivity index (χ4v) is 5.55. The zero-order valence-electron chi connectivity index (χ0n) is 15.8. The van der Waals surface area contributed by atoms with Crippen LogP contribution in [-0.2, 0) is 14.8 Å². The molecule has 0 spiro atoms. The van der Waals surface area contributed by atoms with Crippen LogP contribution < -0.4 is 10.6 Å². The summed E-state index contributed by atoms with van der Waals surface area (Å²) in [5.74, 6) is -0.478. The van der Waals surface area contributed by atoms with Crippen LogP contribution in [0.25, 0.3) is 0 Å². The molecule has 0 saturated carbocycles. The summed E-state index contributed by atoms with van der Waals surface area (Å²) in [5, 5.41) is 4.95. The molecular weight excluding hydrogens is 451 g/mol. The van der Waals surface area contributed by atoms with Gasteiger partial charge >= 0.3 is 6.03 Å². The van der Waals surface area contributed by atoms with E-state index < -0.39 is 22.0 Å². The van der Waals surface area contributed by atoms with Crippen molar-refractivity contribution in [1.82, 2.24) is 14.5 Å². The molecule has 2 aromatic carbocycles. The summed E-state index contributed by atoms with van der Waals surface area (Å²) in [7, 11) is -3.85. The van der Waals surface area contributed by atoms with E-state index in [0.29, 0.717) is 18.8 Å². The number of imide groups is 1. The van der Waals surface area contributed by atoms with Gasteiger partial charge in [-0.25, -0.2) is 13.2 Å². The van der Waals surface area contributed by atoms with Crippen molar-refractivity contribution in [2.24, 2.45) is 0 Å². The van der Waals surface area contributed by atoms with E-state index in [0.717, 1.165) is 0 Å². The highest BCUT2D eigenvalue weighted by atomic mass is 35.5. The monoisotopic (exact) mass is 470 g/mol. The van der Waals surface area contributed by atoms with E-state index in [1.807, 2.05) is 6.07 Å². The van der Waals surface area contributed by atoms with Crippen molar-refractivity contribution < 1.29 is 18.0 Å². The van der Waals surface area contributed by atoms with Crippen LogP contribution in [0.3, 0.4) is 0 Å². The lowest BCUT2D eigenvalue weighted by molar-refractivity contribution is -0.121. The topological polar surface area (TPSA) is 98.8 Å². The van der Waals surface area contributed by atoms with Gasteiger partial charge in [0.1, 0.15) is 4.90 Å². The molecule has 0 unspecified atom stereocenters. The second-order valence-electron chi connectivity index (χ2n) is 6.60. The molecule has 3 rings (SSSR count). The molecule has 0 aromatic heterocycles. The molecule has 1 saturated heterocycles. The van der Waals surface area contributed by atoms with E-state index in [1.165, 1.54) is 16.4 Å². The summed E-state index contributed by atoms with van der Waals surface area (Å²) in [4.78, 5) is 25.7. The Kier molecular flexibility index (Phi) is 7.32. The Labute approximate surface area is 184 Å². The number of halogens is 2. The largest absolute Gasteiger partial charge is 0.325 e. The number of carbonyl (C=O) groups excluding carboxylic acids is 2. The molecule has 0 aliphatic carbocycles. The van der Waals surface area contributed by atoms with Gasteiger partial charge in [0.05, 0.1) is 16.6 Å². The van der Waals surface area contributed by atoms with Crippen molar-refractivity contribution in [3.8, 4) is 0 Å². The molecule has 2 N–H and O–H groups in total. The minimum absolute atomic E-state index is 0.0249. The normalized spacial score (nSPS) is 15.5. The number of hydrogen-bond donors (Lipinski definition) is 2. The summed E-state index contributed by atoms with van der Waals surface area (Å²) in [5.41, 5.74) is 0.569. The third-order valence-corrected chi connectivity index (χ3v) is 7.35. The van der Waals surface area contributed by atoms with Crippen molar-refractivity contribution in [3.63, 3.8) is 0 Å². The van der Waals surface area contributed by atoms with Crippen LogP contribution in [0.2, 0.25) is 10.0 Å². The number of amides is 3. The quantitative estimate of drug-likeness (QED) is 0.699. The van der Waals surface area contributed by atoms with Gasteiger partial charge in [-0.2, -0.15) is 4.31 Å². The molecule has 1 aliphatic heterocycles. The summed E-state index contributed by atoms with van der Waals surface area (Å²) in [6.45, 7) is 0.980. The Morgan fingerprint density at radius 2 is 1.50 bits per heavy atom. The summed E-state index contributed by atoms with van der Waals surface area (Å²) >= 11 is 12.1. The van der Waals surface area contributed by atoms with Crippen molar-refractivity contribution in [1.29, 1.82) is 0 Å². The average Bonchev–Trinajstić information content (AvgIpc) is 2.68. The Morgan fingerprint density at radius 3 is 2.10 bits per heavy atom. The van der Waals surface area contributed by atoms with Crippen molar-refractivity contribution in [3.05, 3.63) is 58.6 Å². The predicted molar refractivity (Wildman–Crippen MR) is 115 cm³/mol. The number of sulfonamides is 1. The maximum atomic E-state index is 12.9. The number of piperazine rings is 1. The molecule has 1 heterocycles. The number of benzene rings is 2. The number of carbonyl (C=O) groups is 2. The van der Waals surface area contributed by atoms with Gasteiger partial charge in [-0.1, -0.05) is 47.5 Å². The van der Waals surface area contributed by atoms with E-state index >= 15 is 0 Å². The highest BCUT2D eigenvalue weighted by Gasteiger charge is 2.32. The van der Waals surface area contributed by atoms with Crippen LogP contribution in [0.1, 0.15) is 0 Å². The van der Waals surface area contributed by atoms with Crippen LogP contribution >= 0.6 is 23.2 Å². The standard InChI is InChI=1S/C19H20Cl2N4O4S/c20-15-7-4-8-16(21)18(15)30(28,29)25-11-9-24(10-12-25)13-17(26)23-19(27)22-14-5-2-1-3-6-14/h1-8H,9-13H2,(H2,22,23,26,27). The summed E-state index contributed by atoms with van der Waals surface area (Å²) in [6, 6.07) is 12.6. The van der Waals surface area contributed by atoms with Gasteiger partial charge in [-0.3, -0.25) is 15.0 Å². The number of nitrogens with one attached hydrogen (secondary N) is 2. The van der Waals surface area contributed by atoms with E-state index in [-0.39, 0.29) is 34.6 Å². The second kappa shape index (κ2) is 9.76. The van der Waals surface area contributed by atoms with E-state index in [4.69, 9.17) is 23.2 Å². The minimum atomic E-state index is -3.85. The molecule has 8 nitrogen and oxygen atoms in total. The average molecular weight is 471 g/mol. The van der Waals surface area contributed by atoms with Crippen LogP contribution in [-0.4, -0.2) is 62.3 Å². The third kappa shape index (κ3) is 5.50. The first-order valence-corrected chi connectivity index (χ1v) is 11.3. The molecule has 30 heavy (non-hydrogen) atoms. The molecule has 0 radical (unpaired) electrons. The molecule has 1 aliphatic rings. The second-order valence-corrected chi connectivity index (χ2v) is 9.29. The lowest BCUT2D eigenvalue weighted by Crippen LogP contribution is -2.51. The van der Waals surface area contributed by atoms with E-state index in [1.54, 1.807) is 35.2 Å². The van der Waals surface area contributed by atoms with Crippen LogP contribution in [0, 0.1) is 0 Å². The predicted octanol–water partition coefficient (Wildman–Crippen LogP) is 2.65. The molecular formula is C19H20Cl2N4O4S. The fraction of sp³-hybridized carbons (Fsp3) is 0.263. The van der Waals surface area contributed by atoms with Gasteiger partial charge in [0.2, 0.25) is 15.9 Å². The number of urea groups is 1. The van der Waals surface area contributed by atoms with Crippen molar-refractivity contribution in [2.75, 3.05) is 38.0 Å². The third-order valence-electron chi connectivity index (χ3n) is 4.50. The number of anilines is 1. The zero-order chi connectivity index (χ0) is 21.7. The lowest BCUT2D eigenvalue weighted by Gasteiger charge is -2.33. The summed E-state index contributed by atoms with van der Waals surface area (Å²) < 4.78 is 27.1. The molecule has 1 fully saturated rings.